The molecule has 2 saturated heterocycles. The van der Waals surface area contributed by atoms with Crippen LogP contribution in [0, 0.1) is 29.6 Å². The van der Waals surface area contributed by atoms with E-state index in [-0.39, 0.29) is 11.7 Å². The molecule has 3 aliphatic carbocycles. The number of carboxylic acid groups (broad SMARTS) is 1. The molecule has 4 N–H and O–H groups in total. The highest BCUT2D eigenvalue weighted by atomic mass is 16.4. The maximum atomic E-state index is 11.3. The number of aliphatic carboxylic acids is 1. The summed E-state index contributed by atoms with van der Waals surface area (Å²) in [6.45, 7) is 4.05. The lowest BCUT2D eigenvalue weighted by molar-refractivity contribution is -0.143. The van der Waals surface area contributed by atoms with Crippen LogP contribution in [-0.4, -0.2) is 73.5 Å². The number of aromatic hydroxyl groups is 1. The molecular formula is C34H41N7O3. The van der Waals surface area contributed by atoms with Crippen molar-refractivity contribution >= 4 is 17.5 Å². The number of likely N-dealkylation sites (tertiary alicyclic amines) is 1. The van der Waals surface area contributed by atoms with Crippen LogP contribution in [-0.2, 0) is 4.79 Å². The minimum absolute atomic E-state index is 0.148. The highest BCUT2D eigenvalue weighted by molar-refractivity contribution is 5.74. The largest absolute Gasteiger partial charge is 0.507 e. The van der Waals surface area contributed by atoms with Gasteiger partial charge in [-0.1, -0.05) is 12.1 Å². The summed E-state index contributed by atoms with van der Waals surface area (Å²) in [7, 11) is 0. The van der Waals surface area contributed by atoms with E-state index in [0.717, 1.165) is 88.6 Å². The second kappa shape index (κ2) is 11.0. The summed E-state index contributed by atoms with van der Waals surface area (Å²) >= 11 is 0. The molecule has 5 unspecified atom stereocenters. The van der Waals surface area contributed by atoms with Gasteiger partial charge in [0.2, 0.25) is 0 Å². The first-order valence-corrected chi connectivity index (χ1v) is 16.4. The fraction of sp³-hybridized carbons (Fsp3) is 0.559. The number of carbonyl (C=O) groups is 1. The number of aromatic nitrogens is 4. The predicted molar refractivity (Wildman–Crippen MR) is 166 cm³/mol. The number of nitrogens with two attached hydrogens (primary N) is 1. The van der Waals surface area contributed by atoms with Gasteiger partial charge in [0.15, 0.2) is 5.82 Å². The van der Waals surface area contributed by atoms with E-state index in [1.54, 1.807) is 12.1 Å². The van der Waals surface area contributed by atoms with Crippen molar-refractivity contribution in [1.82, 2.24) is 25.1 Å². The topological polar surface area (TPSA) is 142 Å². The minimum atomic E-state index is -0.626. The number of anilines is 2. The molecular weight excluding hydrogens is 554 g/mol. The number of carboxylic acids is 1. The Labute approximate surface area is 257 Å². The first-order chi connectivity index (χ1) is 21.4. The van der Waals surface area contributed by atoms with E-state index < -0.39 is 5.97 Å². The van der Waals surface area contributed by atoms with Gasteiger partial charge in [-0.05, 0) is 111 Å². The number of para-hydroxylation sites is 1. The van der Waals surface area contributed by atoms with Gasteiger partial charge in [0.05, 0.1) is 17.3 Å². The summed E-state index contributed by atoms with van der Waals surface area (Å²) in [5, 5.41) is 28.2. The van der Waals surface area contributed by atoms with Crippen molar-refractivity contribution in [1.29, 1.82) is 0 Å². The molecule has 230 valence electrons. The Morgan fingerprint density at radius 1 is 0.932 bits per heavy atom. The Morgan fingerprint density at radius 3 is 2.39 bits per heavy atom. The standard InChI is InChI=1S/C34H41N7O3/c35-32-28(14-27(38-39-32)24-3-1-2-4-29(24)42)41-17-21-13-25(31-26(18-41)30(21)31)33-36-15-22(16-37-33)19-9-11-40(12-10-19)23-7-5-20(6-8-23)34(43)44/h1-4,14-16,19-21,23,25-26,30-31,42H,5-13,17-18H2,(H2,35,39)(H,43,44)/t20-,21?,23+,25?,26?,30?,31?. The lowest BCUT2D eigenvalue weighted by atomic mass is 9.83. The highest BCUT2D eigenvalue weighted by Crippen LogP contribution is 2.68. The second-order valence-electron chi connectivity index (χ2n) is 13.9. The fourth-order valence-electron chi connectivity index (χ4n) is 9.33. The third-order valence-corrected chi connectivity index (χ3v) is 11.7. The summed E-state index contributed by atoms with van der Waals surface area (Å²) in [5.41, 5.74) is 9.80. The summed E-state index contributed by atoms with van der Waals surface area (Å²) in [4.78, 5) is 26.2. The van der Waals surface area contributed by atoms with Gasteiger partial charge < -0.3 is 25.7 Å². The summed E-state index contributed by atoms with van der Waals surface area (Å²) < 4.78 is 0. The molecule has 44 heavy (non-hydrogen) atoms. The molecule has 0 bridgehead atoms. The molecule has 10 nitrogen and oxygen atoms in total. The van der Waals surface area contributed by atoms with Crippen LogP contribution >= 0.6 is 0 Å². The number of benzene rings is 1. The van der Waals surface area contributed by atoms with Gasteiger partial charge in [0.1, 0.15) is 11.6 Å². The molecule has 2 aliphatic heterocycles. The van der Waals surface area contributed by atoms with Crippen LogP contribution in [0.15, 0.2) is 42.7 Å². The van der Waals surface area contributed by atoms with E-state index >= 15 is 0 Å². The van der Waals surface area contributed by atoms with E-state index in [4.69, 9.17) is 15.7 Å². The molecule has 0 radical (unpaired) electrons. The molecule has 5 aliphatic rings. The predicted octanol–water partition coefficient (Wildman–Crippen LogP) is 4.53. The van der Waals surface area contributed by atoms with Crippen LogP contribution in [0.4, 0.5) is 11.5 Å². The lowest BCUT2D eigenvalue weighted by Gasteiger charge is -2.40. The van der Waals surface area contributed by atoms with E-state index in [9.17, 15) is 15.0 Å². The molecule has 10 heteroatoms. The number of hydrogen-bond acceptors (Lipinski definition) is 9. The average Bonchev–Trinajstić information content (AvgIpc) is 3.64. The van der Waals surface area contributed by atoms with Gasteiger partial charge in [0, 0.05) is 43.0 Å². The Bertz CT molecular complexity index is 1530. The summed E-state index contributed by atoms with van der Waals surface area (Å²) in [5.74, 6) is 4.37. The summed E-state index contributed by atoms with van der Waals surface area (Å²) in [6.07, 6.45) is 11.2. The zero-order chi connectivity index (χ0) is 29.9. The molecule has 5 fully saturated rings. The molecule has 0 amide bonds. The fourth-order valence-corrected chi connectivity index (χ4v) is 9.33. The van der Waals surface area contributed by atoms with Crippen LogP contribution in [0.2, 0.25) is 0 Å². The normalized spacial score (nSPS) is 31.9. The van der Waals surface area contributed by atoms with Crippen LogP contribution in [0.5, 0.6) is 5.75 Å². The van der Waals surface area contributed by atoms with Gasteiger partial charge >= 0.3 is 5.97 Å². The zero-order valence-electron chi connectivity index (χ0n) is 25.0. The molecule has 2 aromatic heterocycles. The van der Waals surface area contributed by atoms with Crippen molar-refractivity contribution in [3.8, 4) is 17.0 Å². The maximum Gasteiger partial charge on any atom is 0.306 e. The third-order valence-electron chi connectivity index (χ3n) is 11.7. The number of piperidine rings is 2. The van der Waals surface area contributed by atoms with Crippen molar-refractivity contribution in [2.45, 2.75) is 62.8 Å². The smallest absolute Gasteiger partial charge is 0.306 e. The first kappa shape index (κ1) is 27.7. The first-order valence-electron chi connectivity index (χ1n) is 16.4. The Balaban J connectivity index is 0.884. The van der Waals surface area contributed by atoms with Gasteiger partial charge in [-0.3, -0.25) is 4.79 Å². The number of nitrogen functional groups attached to an aromatic ring is 1. The van der Waals surface area contributed by atoms with Crippen molar-refractivity contribution < 1.29 is 15.0 Å². The van der Waals surface area contributed by atoms with Crippen molar-refractivity contribution in [2.75, 3.05) is 36.8 Å². The molecule has 1 aromatic carbocycles. The Morgan fingerprint density at radius 2 is 1.68 bits per heavy atom. The molecule has 0 spiro atoms. The van der Waals surface area contributed by atoms with Gasteiger partial charge in [-0.25, -0.2) is 9.97 Å². The third kappa shape index (κ3) is 4.87. The minimum Gasteiger partial charge on any atom is -0.507 e. The number of nitrogens with zero attached hydrogens (tertiary/aromatic N) is 6. The molecule has 8 rings (SSSR count). The quantitative estimate of drug-likeness (QED) is 0.372. The number of hydrogen-bond donors (Lipinski definition) is 3. The van der Waals surface area contributed by atoms with E-state index in [1.165, 1.54) is 5.56 Å². The van der Waals surface area contributed by atoms with Crippen LogP contribution < -0.4 is 10.6 Å². The molecule has 4 heterocycles. The second-order valence-corrected chi connectivity index (χ2v) is 13.9. The van der Waals surface area contributed by atoms with E-state index in [1.807, 2.05) is 18.2 Å². The number of phenolic OH excluding ortho intramolecular Hbond substituents is 1. The van der Waals surface area contributed by atoms with Crippen molar-refractivity contribution in [3.63, 3.8) is 0 Å². The maximum absolute atomic E-state index is 11.3. The monoisotopic (exact) mass is 595 g/mol. The number of rotatable bonds is 6. The molecule has 5 atom stereocenters. The summed E-state index contributed by atoms with van der Waals surface area (Å²) in [6, 6.07) is 9.72. The highest BCUT2D eigenvalue weighted by Gasteiger charge is 2.65. The SMILES string of the molecule is Nc1nnc(-c2ccccc2O)cc1N1CC2CC(c3ncc(C4CCN([C@H]5CC[C@@H](C(=O)O)CC5)CC4)cn3)C3C(C1)C23. The van der Waals surface area contributed by atoms with E-state index in [2.05, 4.69) is 32.4 Å². The van der Waals surface area contributed by atoms with Crippen LogP contribution in [0.25, 0.3) is 11.3 Å². The van der Waals surface area contributed by atoms with Gasteiger partial charge in [-0.15, -0.1) is 10.2 Å². The number of phenols is 1. The molecule has 3 aromatic rings. The van der Waals surface area contributed by atoms with Crippen LogP contribution in [0.1, 0.15) is 68.2 Å². The van der Waals surface area contributed by atoms with E-state index in [0.29, 0.717) is 52.7 Å². The Hall–Kier alpha value is -3.79. The van der Waals surface area contributed by atoms with Crippen molar-refractivity contribution in [3.05, 3.63) is 54.1 Å². The van der Waals surface area contributed by atoms with Gasteiger partial charge in [0.25, 0.3) is 0 Å². The zero-order valence-corrected chi connectivity index (χ0v) is 25.0. The lowest BCUT2D eigenvalue weighted by Crippen LogP contribution is -2.43. The number of fused-ring (bicyclic) bond motifs is 1. The molecule has 3 saturated carbocycles. The Kier molecular flexibility index (Phi) is 6.92. The van der Waals surface area contributed by atoms with Gasteiger partial charge in [-0.2, -0.15) is 0 Å². The average molecular weight is 596 g/mol. The van der Waals surface area contributed by atoms with Crippen LogP contribution in [0.3, 0.4) is 0 Å². The van der Waals surface area contributed by atoms with Crippen molar-refractivity contribution in [2.24, 2.45) is 29.6 Å².